The molecule has 1 aliphatic carbocycles. The molecule has 2 saturated heterocycles. The summed E-state index contributed by atoms with van der Waals surface area (Å²) in [5, 5.41) is 3.24. The standard InChI is InChI=1S/C18H29N3O3S/c1-19-12-6-5-9-20(10-12)18(24)15(11-25-2)21-16(22)13-7-3-4-8-14(13)17(21)23/h12-15,19H,3-11H2,1-2H3. The summed E-state index contributed by atoms with van der Waals surface area (Å²) < 4.78 is 0. The molecule has 7 heteroatoms. The van der Waals surface area contributed by atoms with Gasteiger partial charge in [0.25, 0.3) is 0 Å². The van der Waals surface area contributed by atoms with Crippen LogP contribution in [0.15, 0.2) is 0 Å². The van der Waals surface area contributed by atoms with Gasteiger partial charge in [-0.15, -0.1) is 0 Å². The Labute approximate surface area is 154 Å². The fourth-order valence-electron chi connectivity index (χ4n) is 4.53. The molecule has 0 radical (unpaired) electrons. The van der Waals surface area contributed by atoms with E-state index in [1.165, 1.54) is 16.7 Å². The monoisotopic (exact) mass is 367 g/mol. The summed E-state index contributed by atoms with van der Waals surface area (Å²) in [4.78, 5) is 42.1. The van der Waals surface area contributed by atoms with Crippen LogP contribution in [0.1, 0.15) is 38.5 Å². The molecule has 2 heterocycles. The Kier molecular flexibility index (Phi) is 6.04. The van der Waals surface area contributed by atoms with E-state index in [0.29, 0.717) is 24.9 Å². The van der Waals surface area contributed by atoms with E-state index in [4.69, 9.17) is 0 Å². The van der Waals surface area contributed by atoms with Crippen molar-refractivity contribution >= 4 is 29.5 Å². The number of nitrogens with one attached hydrogen (secondary N) is 1. The topological polar surface area (TPSA) is 69.7 Å². The van der Waals surface area contributed by atoms with Gasteiger partial charge < -0.3 is 10.2 Å². The van der Waals surface area contributed by atoms with Crippen LogP contribution >= 0.6 is 11.8 Å². The summed E-state index contributed by atoms with van der Waals surface area (Å²) in [6.07, 6.45) is 7.52. The van der Waals surface area contributed by atoms with E-state index in [2.05, 4.69) is 5.32 Å². The fraction of sp³-hybridized carbons (Fsp3) is 0.833. The minimum Gasteiger partial charge on any atom is -0.339 e. The molecule has 4 unspecified atom stereocenters. The van der Waals surface area contributed by atoms with Gasteiger partial charge in [0, 0.05) is 24.9 Å². The molecule has 3 rings (SSSR count). The number of thioether (sulfide) groups is 1. The molecule has 3 amide bonds. The maximum atomic E-state index is 13.2. The van der Waals surface area contributed by atoms with Crippen molar-refractivity contribution in [3.05, 3.63) is 0 Å². The Morgan fingerprint density at radius 3 is 2.36 bits per heavy atom. The summed E-state index contributed by atoms with van der Waals surface area (Å²) in [6, 6.07) is -0.351. The van der Waals surface area contributed by atoms with Crippen LogP contribution < -0.4 is 5.32 Å². The van der Waals surface area contributed by atoms with Crippen molar-refractivity contribution in [2.24, 2.45) is 11.8 Å². The van der Waals surface area contributed by atoms with Crippen LogP contribution in [-0.4, -0.2) is 71.8 Å². The molecule has 0 aromatic rings. The molecule has 4 atom stereocenters. The third-order valence-corrected chi connectivity index (χ3v) is 6.59. The first-order valence-corrected chi connectivity index (χ1v) is 10.8. The molecular weight excluding hydrogens is 338 g/mol. The zero-order chi connectivity index (χ0) is 18.0. The van der Waals surface area contributed by atoms with E-state index < -0.39 is 6.04 Å². The zero-order valence-corrected chi connectivity index (χ0v) is 16.0. The molecule has 1 N–H and O–H groups in total. The van der Waals surface area contributed by atoms with Crippen molar-refractivity contribution in [1.29, 1.82) is 0 Å². The number of amides is 3. The van der Waals surface area contributed by atoms with Crippen molar-refractivity contribution in [1.82, 2.24) is 15.1 Å². The Morgan fingerprint density at radius 2 is 1.80 bits per heavy atom. The number of likely N-dealkylation sites (tertiary alicyclic amines) is 2. The third kappa shape index (κ3) is 3.58. The van der Waals surface area contributed by atoms with E-state index in [-0.39, 0.29) is 29.6 Å². The van der Waals surface area contributed by atoms with E-state index >= 15 is 0 Å². The molecule has 6 nitrogen and oxygen atoms in total. The minimum absolute atomic E-state index is 0.0605. The molecule has 25 heavy (non-hydrogen) atoms. The van der Waals surface area contributed by atoms with Crippen molar-refractivity contribution in [3.63, 3.8) is 0 Å². The number of carbonyl (C=O) groups is 3. The number of piperidine rings is 1. The molecule has 0 bridgehead atoms. The highest BCUT2D eigenvalue weighted by molar-refractivity contribution is 7.98. The first-order chi connectivity index (χ1) is 12.1. The van der Waals surface area contributed by atoms with Crippen LogP contribution in [0.5, 0.6) is 0 Å². The summed E-state index contributed by atoms with van der Waals surface area (Å²) in [5.41, 5.74) is 0. The van der Waals surface area contributed by atoms with Crippen molar-refractivity contribution in [2.45, 2.75) is 50.6 Å². The van der Waals surface area contributed by atoms with Crippen LogP contribution in [0.4, 0.5) is 0 Å². The Balaban J connectivity index is 1.79. The molecule has 2 aliphatic heterocycles. The molecule has 0 aromatic carbocycles. The van der Waals surface area contributed by atoms with E-state index in [9.17, 15) is 14.4 Å². The average molecular weight is 368 g/mol. The van der Waals surface area contributed by atoms with Crippen LogP contribution in [0.3, 0.4) is 0 Å². The highest BCUT2D eigenvalue weighted by Crippen LogP contribution is 2.39. The van der Waals surface area contributed by atoms with Gasteiger partial charge in [-0.1, -0.05) is 12.8 Å². The van der Waals surface area contributed by atoms with Gasteiger partial charge in [0.15, 0.2) is 0 Å². The Hall–Kier alpha value is -1.08. The largest absolute Gasteiger partial charge is 0.339 e. The van der Waals surface area contributed by atoms with Gasteiger partial charge in [-0.3, -0.25) is 19.3 Å². The van der Waals surface area contributed by atoms with Gasteiger partial charge in [0.1, 0.15) is 6.04 Å². The van der Waals surface area contributed by atoms with Gasteiger partial charge in [-0.25, -0.2) is 0 Å². The molecule has 3 aliphatic rings. The minimum atomic E-state index is -0.642. The molecule has 140 valence electrons. The van der Waals surface area contributed by atoms with Crippen LogP contribution in [0.2, 0.25) is 0 Å². The van der Waals surface area contributed by atoms with Gasteiger partial charge in [-0.2, -0.15) is 11.8 Å². The lowest BCUT2D eigenvalue weighted by Crippen LogP contribution is -2.56. The number of rotatable bonds is 5. The molecule has 1 saturated carbocycles. The van der Waals surface area contributed by atoms with Gasteiger partial charge in [0.05, 0.1) is 11.8 Å². The van der Waals surface area contributed by atoms with Gasteiger partial charge in [0.2, 0.25) is 17.7 Å². The highest BCUT2D eigenvalue weighted by atomic mass is 32.2. The summed E-state index contributed by atoms with van der Waals surface area (Å²) in [7, 11) is 1.91. The molecule has 3 fully saturated rings. The Bertz CT molecular complexity index is 518. The van der Waals surface area contributed by atoms with Crippen LogP contribution in [0.25, 0.3) is 0 Å². The van der Waals surface area contributed by atoms with Gasteiger partial charge in [-0.05, 0) is 39.0 Å². The second kappa shape index (κ2) is 8.08. The van der Waals surface area contributed by atoms with E-state index in [1.807, 2.05) is 18.2 Å². The third-order valence-electron chi connectivity index (χ3n) is 5.94. The normalized spacial score (nSPS) is 31.2. The second-order valence-electron chi connectivity index (χ2n) is 7.43. The maximum absolute atomic E-state index is 13.2. The number of hydrogen-bond donors (Lipinski definition) is 1. The number of hydrogen-bond acceptors (Lipinski definition) is 5. The Morgan fingerprint density at radius 1 is 1.16 bits per heavy atom. The van der Waals surface area contributed by atoms with Crippen molar-refractivity contribution < 1.29 is 14.4 Å². The SMILES string of the molecule is CNC1CCCN(C(=O)C(CSC)N2C(=O)C3CCCCC3C2=O)C1. The van der Waals surface area contributed by atoms with E-state index in [1.54, 1.807) is 0 Å². The van der Waals surface area contributed by atoms with Crippen LogP contribution in [0, 0.1) is 11.8 Å². The van der Waals surface area contributed by atoms with Crippen molar-refractivity contribution in [2.75, 3.05) is 32.1 Å². The summed E-state index contributed by atoms with van der Waals surface area (Å²) in [5.74, 6) is -0.172. The number of imide groups is 1. The van der Waals surface area contributed by atoms with E-state index in [0.717, 1.165) is 38.5 Å². The lowest BCUT2D eigenvalue weighted by Gasteiger charge is -2.36. The lowest BCUT2D eigenvalue weighted by molar-refractivity contribution is -0.151. The molecule has 0 spiro atoms. The second-order valence-corrected chi connectivity index (χ2v) is 8.34. The van der Waals surface area contributed by atoms with Gasteiger partial charge >= 0.3 is 0 Å². The summed E-state index contributed by atoms with van der Waals surface area (Å²) >= 11 is 1.52. The predicted molar refractivity (Wildman–Crippen MR) is 98.1 cm³/mol. The first-order valence-electron chi connectivity index (χ1n) is 9.40. The van der Waals surface area contributed by atoms with Crippen molar-refractivity contribution in [3.8, 4) is 0 Å². The van der Waals surface area contributed by atoms with Crippen LogP contribution in [-0.2, 0) is 14.4 Å². The fourth-order valence-corrected chi connectivity index (χ4v) is 5.14. The quantitative estimate of drug-likeness (QED) is 0.737. The molecule has 0 aromatic heterocycles. The number of likely N-dealkylation sites (N-methyl/N-ethyl adjacent to an activating group) is 1. The first kappa shape index (κ1) is 18.7. The maximum Gasteiger partial charge on any atom is 0.246 e. The number of nitrogens with zero attached hydrogens (tertiary/aromatic N) is 2. The lowest BCUT2D eigenvalue weighted by atomic mass is 9.81. The highest BCUT2D eigenvalue weighted by Gasteiger charge is 2.52. The average Bonchev–Trinajstić information content (AvgIpc) is 2.90. The zero-order valence-electron chi connectivity index (χ0n) is 15.2. The smallest absolute Gasteiger partial charge is 0.246 e. The predicted octanol–water partition coefficient (Wildman–Crippen LogP) is 1.10. The number of carbonyl (C=O) groups excluding carboxylic acids is 3. The molecular formula is C18H29N3O3S. The summed E-state index contributed by atoms with van der Waals surface area (Å²) in [6.45, 7) is 1.37. The number of fused-ring (bicyclic) bond motifs is 1.